The van der Waals surface area contributed by atoms with Crippen LogP contribution in [0, 0.1) is 5.82 Å². The van der Waals surface area contributed by atoms with Crippen LogP contribution in [0.25, 0.3) is 10.9 Å². The second-order valence-electron chi connectivity index (χ2n) is 5.82. The van der Waals surface area contributed by atoms with Crippen LogP contribution in [0.2, 0.25) is 0 Å². The Bertz CT molecular complexity index is 867. The van der Waals surface area contributed by atoms with E-state index < -0.39 is 20.9 Å². The first kappa shape index (κ1) is 15.9. The maximum atomic E-state index is 13.3. The summed E-state index contributed by atoms with van der Waals surface area (Å²) < 4.78 is 37.2. The predicted molar refractivity (Wildman–Crippen MR) is 85.5 cm³/mol. The average molecular weight is 336 g/mol. The molecule has 23 heavy (non-hydrogen) atoms. The lowest BCUT2D eigenvalue weighted by atomic mass is 10.1. The lowest BCUT2D eigenvalue weighted by molar-refractivity contribution is 0.0767. The lowest BCUT2D eigenvalue weighted by Crippen LogP contribution is -2.33. The zero-order valence-corrected chi connectivity index (χ0v) is 13.5. The molecule has 7 heteroatoms. The number of carbonyl (C=O) groups excluding carboxylic acids is 1. The molecule has 1 aromatic heterocycles. The van der Waals surface area contributed by atoms with Crippen LogP contribution in [-0.2, 0) is 9.84 Å². The molecule has 0 bridgehead atoms. The molecule has 0 spiro atoms. The van der Waals surface area contributed by atoms with Crippen molar-refractivity contribution in [2.75, 3.05) is 18.8 Å². The first-order valence-electron chi connectivity index (χ1n) is 7.43. The number of aromatic nitrogens is 1. The number of benzene rings is 1. The second-order valence-corrected chi connectivity index (χ2v) is 8.36. The molecule has 1 amide bonds. The van der Waals surface area contributed by atoms with Crippen molar-refractivity contribution in [3.63, 3.8) is 0 Å². The zero-order valence-electron chi connectivity index (χ0n) is 12.7. The molecule has 1 aromatic carbocycles. The van der Waals surface area contributed by atoms with Crippen molar-refractivity contribution in [1.82, 2.24) is 9.88 Å². The molecule has 0 N–H and O–H groups in total. The third kappa shape index (κ3) is 3.19. The van der Waals surface area contributed by atoms with Crippen LogP contribution in [-0.4, -0.2) is 48.3 Å². The zero-order chi connectivity index (χ0) is 16.6. The van der Waals surface area contributed by atoms with Gasteiger partial charge in [-0.3, -0.25) is 9.78 Å². The summed E-state index contributed by atoms with van der Waals surface area (Å²) in [4.78, 5) is 18.3. The summed E-state index contributed by atoms with van der Waals surface area (Å²) in [6.45, 7) is 2.23. The normalized spacial score (nSPS) is 21.1. The van der Waals surface area contributed by atoms with Crippen LogP contribution in [0.5, 0.6) is 0 Å². The summed E-state index contributed by atoms with van der Waals surface area (Å²) in [5.41, 5.74) is 0.949. The Hall–Kier alpha value is -2.02. The van der Waals surface area contributed by atoms with Crippen molar-refractivity contribution in [2.24, 2.45) is 0 Å². The fourth-order valence-corrected chi connectivity index (χ4v) is 4.01. The molecule has 0 aliphatic carbocycles. The van der Waals surface area contributed by atoms with Gasteiger partial charge >= 0.3 is 0 Å². The monoisotopic (exact) mass is 336 g/mol. The molecular formula is C16H17FN2O3S. The number of halogens is 1. The molecule has 5 nitrogen and oxygen atoms in total. The highest BCUT2D eigenvalue weighted by Gasteiger charge is 2.28. The number of hydrogen-bond donors (Lipinski definition) is 0. The molecule has 1 saturated heterocycles. The molecule has 2 heterocycles. The highest BCUT2D eigenvalue weighted by Crippen LogP contribution is 2.18. The van der Waals surface area contributed by atoms with Crippen LogP contribution < -0.4 is 0 Å². The summed E-state index contributed by atoms with van der Waals surface area (Å²) >= 11 is 0. The minimum Gasteiger partial charge on any atom is -0.338 e. The van der Waals surface area contributed by atoms with Crippen LogP contribution in [0.15, 0.2) is 30.5 Å². The van der Waals surface area contributed by atoms with Gasteiger partial charge in [0.05, 0.1) is 22.1 Å². The molecule has 3 rings (SSSR count). The molecule has 1 fully saturated rings. The number of hydrogen-bond acceptors (Lipinski definition) is 4. The molecule has 1 aliphatic heterocycles. The minimum atomic E-state index is -3.15. The Kier molecular flexibility index (Phi) is 4.06. The Balaban J connectivity index is 1.88. The first-order chi connectivity index (χ1) is 10.9. The highest BCUT2D eigenvalue weighted by atomic mass is 32.2. The summed E-state index contributed by atoms with van der Waals surface area (Å²) in [5.74, 6) is -0.693. The number of carbonyl (C=O) groups is 1. The molecule has 0 radical (unpaired) electrons. The summed E-state index contributed by atoms with van der Waals surface area (Å²) in [6, 6.07) is 5.79. The van der Waals surface area contributed by atoms with Gasteiger partial charge in [0.15, 0.2) is 9.84 Å². The van der Waals surface area contributed by atoms with Crippen LogP contribution in [0.1, 0.15) is 23.7 Å². The molecule has 1 atom stereocenters. The molecular weight excluding hydrogens is 319 g/mol. The lowest BCUT2D eigenvalue weighted by Gasteiger charge is -2.19. The van der Waals surface area contributed by atoms with E-state index in [4.69, 9.17) is 0 Å². The van der Waals surface area contributed by atoms with Gasteiger partial charge in [0.1, 0.15) is 5.82 Å². The Morgan fingerprint density at radius 2 is 2.09 bits per heavy atom. The van der Waals surface area contributed by atoms with Gasteiger partial charge in [0.25, 0.3) is 5.91 Å². The van der Waals surface area contributed by atoms with E-state index in [1.807, 2.05) is 0 Å². The number of rotatable bonds is 1. The van der Waals surface area contributed by atoms with Gasteiger partial charge in [0.2, 0.25) is 0 Å². The fraction of sp³-hybridized carbons (Fsp3) is 0.375. The van der Waals surface area contributed by atoms with E-state index in [-0.39, 0.29) is 18.2 Å². The topological polar surface area (TPSA) is 67.3 Å². The van der Waals surface area contributed by atoms with E-state index in [9.17, 15) is 17.6 Å². The van der Waals surface area contributed by atoms with Gasteiger partial charge in [-0.1, -0.05) is 0 Å². The number of pyridine rings is 1. The van der Waals surface area contributed by atoms with E-state index in [1.54, 1.807) is 19.1 Å². The smallest absolute Gasteiger partial charge is 0.255 e. The Morgan fingerprint density at radius 3 is 2.87 bits per heavy atom. The number of nitrogens with zero attached hydrogens (tertiary/aromatic N) is 2. The predicted octanol–water partition coefficient (Wildman–Crippen LogP) is 2.02. The number of fused-ring (bicyclic) bond motifs is 1. The highest BCUT2D eigenvalue weighted by molar-refractivity contribution is 7.92. The molecule has 2 aromatic rings. The fourth-order valence-electron chi connectivity index (χ4n) is 2.67. The van der Waals surface area contributed by atoms with E-state index >= 15 is 0 Å². The summed E-state index contributed by atoms with van der Waals surface area (Å²) in [5, 5.41) is 0.107. The molecule has 122 valence electrons. The van der Waals surface area contributed by atoms with Crippen molar-refractivity contribution < 1.29 is 17.6 Å². The van der Waals surface area contributed by atoms with Gasteiger partial charge < -0.3 is 4.90 Å². The van der Waals surface area contributed by atoms with E-state index in [1.165, 1.54) is 23.2 Å². The van der Waals surface area contributed by atoms with Crippen molar-refractivity contribution in [3.05, 3.63) is 41.8 Å². The number of amides is 1. The van der Waals surface area contributed by atoms with Crippen molar-refractivity contribution in [3.8, 4) is 0 Å². The molecule has 1 unspecified atom stereocenters. The van der Waals surface area contributed by atoms with Gasteiger partial charge in [-0.15, -0.1) is 0 Å². The van der Waals surface area contributed by atoms with Crippen LogP contribution in [0.3, 0.4) is 0 Å². The molecule has 1 aliphatic rings. The maximum Gasteiger partial charge on any atom is 0.255 e. The van der Waals surface area contributed by atoms with Crippen molar-refractivity contribution >= 4 is 26.6 Å². The van der Waals surface area contributed by atoms with Crippen LogP contribution in [0.4, 0.5) is 4.39 Å². The van der Waals surface area contributed by atoms with Gasteiger partial charge in [-0.25, -0.2) is 12.8 Å². The van der Waals surface area contributed by atoms with E-state index in [0.29, 0.717) is 29.4 Å². The minimum absolute atomic E-state index is 0.0322. The quantitative estimate of drug-likeness (QED) is 0.799. The summed E-state index contributed by atoms with van der Waals surface area (Å²) in [7, 11) is -3.15. The van der Waals surface area contributed by atoms with Crippen molar-refractivity contribution in [1.29, 1.82) is 0 Å². The maximum absolute atomic E-state index is 13.3. The first-order valence-corrected chi connectivity index (χ1v) is 9.14. The second kappa shape index (κ2) is 5.88. The Morgan fingerprint density at radius 1 is 1.30 bits per heavy atom. The molecule has 0 saturated carbocycles. The largest absolute Gasteiger partial charge is 0.338 e. The SMILES string of the molecule is CC1CCN(C(=O)c2cnc3ccc(F)cc3c2)CCS1(=O)=O. The van der Waals surface area contributed by atoms with Gasteiger partial charge in [-0.2, -0.15) is 0 Å². The van der Waals surface area contributed by atoms with Crippen molar-refractivity contribution in [2.45, 2.75) is 18.6 Å². The number of sulfone groups is 1. The average Bonchev–Trinajstić information content (AvgIpc) is 2.65. The standard InChI is InChI=1S/C16H17FN2O3S/c1-11-4-5-19(6-7-23(11,21)22)16(20)13-8-12-9-14(17)2-3-15(12)18-10-13/h2-3,8-11H,4-7H2,1H3. The third-order valence-electron chi connectivity index (χ3n) is 4.24. The van der Waals surface area contributed by atoms with Gasteiger partial charge in [-0.05, 0) is 37.6 Å². The van der Waals surface area contributed by atoms with Gasteiger partial charge in [0, 0.05) is 24.7 Å². The Labute approximate surface area is 134 Å². The van der Waals surface area contributed by atoms with Crippen LogP contribution >= 0.6 is 0 Å². The van der Waals surface area contributed by atoms with E-state index in [0.717, 1.165) is 0 Å². The summed E-state index contributed by atoms with van der Waals surface area (Å²) in [6.07, 6.45) is 1.87. The third-order valence-corrected chi connectivity index (χ3v) is 6.46. The van der Waals surface area contributed by atoms with E-state index in [2.05, 4.69) is 4.98 Å².